The minimum Gasteiger partial charge on any atom is -0.497 e. The Hall–Kier alpha value is -2.24. The Morgan fingerprint density at radius 3 is 2.26 bits per heavy atom. The summed E-state index contributed by atoms with van der Waals surface area (Å²) in [6.45, 7) is 0.102. The molecule has 0 radical (unpaired) electrons. The topological polar surface area (TPSA) is 55.8 Å². The smallest absolute Gasteiger partial charge is 0.341 e. The van der Waals surface area contributed by atoms with Crippen molar-refractivity contribution in [2.24, 2.45) is 0 Å². The first-order valence-electron chi connectivity index (χ1n) is 8.53. The quantitative estimate of drug-likeness (QED) is 0.640. The summed E-state index contributed by atoms with van der Waals surface area (Å²) in [7, 11) is 1.61. The van der Waals surface area contributed by atoms with E-state index in [2.05, 4.69) is 0 Å². The van der Waals surface area contributed by atoms with Crippen LogP contribution in [0.3, 0.4) is 0 Å². The molecule has 142 valence electrons. The molecule has 5 nitrogen and oxygen atoms in total. The molecule has 0 spiro atoms. The van der Waals surface area contributed by atoms with E-state index in [0.717, 1.165) is 24.2 Å². The lowest BCUT2D eigenvalue weighted by atomic mass is 10.2. The summed E-state index contributed by atoms with van der Waals surface area (Å²) in [4.78, 5) is 26.6. The fourth-order valence-electron chi connectivity index (χ4n) is 2.71. The zero-order chi connectivity index (χ0) is 19.4. The molecule has 0 atom stereocenters. The minimum atomic E-state index is -0.709. The van der Waals surface area contributed by atoms with Crippen LogP contribution in [-0.4, -0.2) is 36.5 Å². The highest BCUT2D eigenvalue weighted by Crippen LogP contribution is 2.29. The number of esters is 1. The van der Waals surface area contributed by atoms with Gasteiger partial charge in [-0.15, -0.1) is 0 Å². The first kappa shape index (κ1) is 19.5. The highest BCUT2D eigenvalue weighted by molar-refractivity contribution is 6.39. The second-order valence-corrected chi connectivity index (χ2v) is 7.09. The zero-order valence-corrected chi connectivity index (χ0v) is 16.3. The van der Waals surface area contributed by atoms with Gasteiger partial charge in [0.2, 0.25) is 0 Å². The molecule has 3 rings (SSSR count). The van der Waals surface area contributed by atoms with Crippen molar-refractivity contribution in [3.8, 4) is 5.75 Å². The van der Waals surface area contributed by atoms with Crippen LogP contribution in [0.15, 0.2) is 42.5 Å². The van der Waals surface area contributed by atoms with Crippen LogP contribution in [0.5, 0.6) is 5.75 Å². The molecular formula is C20H19Cl2NO4. The van der Waals surface area contributed by atoms with Crippen LogP contribution in [-0.2, 0) is 16.1 Å². The van der Waals surface area contributed by atoms with Gasteiger partial charge in [-0.2, -0.15) is 0 Å². The fourth-order valence-corrected chi connectivity index (χ4v) is 3.26. The summed E-state index contributed by atoms with van der Waals surface area (Å²) in [6.07, 6.45) is 1.90. The van der Waals surface area contributed by atoms with Gasteiger partial charge in [0.25, 0.3) is 5.91 Å². The van der Waals surface area contributed by atoms with Gasteiger partial charge in [0, 0.05) is 12.6 Å². The number of benzene rings is 2. The second-order valence-electron chi connectivity index (χ2n) is 6.27. The van der Waals surface area contributed by atoms with Crippen LogP contribution in [0.1, 0.15) is 28.8 Å². The summed E-state index contributed by atoms with van der Waals surface area (Å²) in [6, 6.07) is 12.4. The number of methoxy groups -OCH3 is 1. The van der Waals surface area contributed by atoms with E-state index in [9.17, 15) is 9.59 Å². The number of carbonyl (C=O) groups excluding carboxylic acids is 2. The van der Waals surface area contributed by atoms with Crippen molar-refractivity contribution in [2.75, 3.05) is 13.7 Å². The average Bonchev–Trinajstić information content (AvgIpc) is 3.49. The maximum atomic E-state index is 12.6. The zero-order valence-electron chi connectivity index (χ0n) is 14.8. The molecule has 27 heavy (non-hydrogen) atoms. The van der Waals surface area contributed by atoms with Gasteiger partial charge < -0.3 is 14.4 Å². The molecular weight excluding hydrogens is 389 g/mol. The Morgan fingerprint density at radius 2 is 1.70 bits per heavy atom. The Kier molecular flexibility index (Phi) is 6.24. The number of halogens is 2. The number of rotatable bonds is 7. The second kappa shape index (κ2) is 8.63. The molecule has 2 aromatic rings. The maximum Gasteiger partial charge on any atom is 0.341 e. The molecule has 0 aliphatic heterocycles. The molecule has 1 amide bonds. The van der Waals surface area contributed by atoms with Gasteiger partial charge in [-0.05, 0) is 42.7 Å². The molecule has 2 aromatic carbocycles. The molecule has 0 bridgehead atoms. The summed E-state index contributed by atoms with van der Waals surface area (Å²) < 4.78 is 10.3. The minimum absolute atomic E-state index is 0.0711. The summed E-state index contributed by atoms with van der Waals surface area (Å²) in [5, 5.41) is 0.384. The molecule has 1 fully saturated rings. The lowest BCUT2D eigenvalue weighted by Gasteiger charge is -2.22. The van der Waals surface area contributed by atoms with Gasteiger partial charge in [0.05, 0.1) is 22.7 Å². The van der Waals surface area contributed by atoms with E-state index in [1.165, 1.54) is 0 Å². The highest BCUT2D eigenvalue weighted by Gasteiger charge is 2.33. The Balaban J connectivity index is 1.63. The molecule has 0 heterocycles. The van der Waals surface area contributed by atoms with Crippen LogP contribution in [0.2, 0.25) is 10.0 Å². The molecule has 0 saturated heterocycles. The summed E-state index contributed by atoms with van der Waals surface area (Å²) >= 11 is 12.0. The number of carbonyl (C=O) groups is 2. The predicted octanol–water partition coefficient (Wildman–Crippen LogP) is 4.35. The molecule has 0 unspecified atom stereocenters. The number of nitrogens with zero attached hydrogens (tertiary/aromatic N) is 1. The lowest BCUT2D eigenvalue weighted by Crippen LogP contribution is -2.36. The largest absolute Gasteiger partial charge is 0.497 e. The molecule has 0 aromatic heterocycles. The molecule has 1 aliphatic rings. The highest BCUT2D eigenvalue weighted by atomic mass is 35.5. The van der Waals surface area contributed by atoms with E-state index in [-0.39, 0.29) is 34.2 Å². The maximum absolute atomic E-state index is 12.6. The Morgan fingerprint density at radius 1 is 1.07 bits per heavy atom. The van der Waals surface area contributed by atoms with Gasteiger partial charge in [-0.3, -0.25) is 4.79 Å². The van der Waals surface area contributed by atoms with Crippen LogP contribution in [0.4, 0.5) is 0 Å². The normalized spacial score (nSPS) is 13.1. The first-order chi connectivity index (χ1) is 13.0. The van der Waals surface area contributed by atoms with Crippen LogP contribution in [0, 0.1) is 0 Å². The average molecular weight is 408 g/mol. The van der Waals surface area contributed by atoms with E-state index in [0.29, 0.717) is 6.54 Å². The van der Waals surface area contributed by atoms with Crippen LogP contribution in [0.25, 0.3) is 0 Å². The van der Waals surface area contributed by atoms with Crippen molar-refractivity contribution in [2.45, 2.75) is 25.4 Å². The third-order valence-corrected chi connectivity index (χ3v) is 4.94. The van der Waals surface area contributed by atoms with Crippen molar-refractivity contribution < 1.29 is 19.1 Å². The SMILES string of the molecule is COc1ccc(CN(C(=O)COC(=O)c2c(Cl)cccc2Cl)C2CC2)cc1. The fraction of sp³-hybridized carbons (Fsp3) is 0.300. The van der Waals surface area contributed by atoms with Gasteiger partial charge in [0.1, 0.15) is 5.75 Å². The summed E-state index contributed by atoms with van der Waals surface area (Å²) in [5.74, 6) is -0.197. The van der Waals surface area contributed by atoms with Gasteiger partial charge in [-0.1, -0.05) is 41.4 Å². The van der Waals surface area contributed by atoms with E-state index in [4.69, 9.17) is 32.7 Å². The third kappa shape index (κ3) is 4.93. The van der Waals surface area contributed by atoms with Crippen LogP contribution >= 0.6 is 23.2 Å². The lowest BCUT2D eigenvalue weighted by molar-refractivity contribution is -0.135. The van der Waals surface area contributed by atoms with Crippen LogP contribution < -0.4 is 4.74 Å². The Bertz CT molecular complexity index is 814. The van der Waals surface area contributed by atoms with Crippen molar-refractivity contribution in [1.29, 1.82) is 0 Å². The summed E-state index contributed by atoms with van der Waals surface area (Å²) in [5.41, 5.74) is 1.05. The van der Waals surface area contributed by atoms with Crippen molar-refractivity contribution in [3.63, 3.8) is 0 Å². The van der Waals surface area contributed by atoms with E-state index >= 15 is 0 Å². The van der Waals surface area contributed by atoms with Crippen molar-refractivity contribution >= 4 is 35.1 Å². The monoisotopic (exact) mass is 407 g/mol. The Labute approximate surface area is 167 Å². The molecule has 1 saturated carbocycles. The number of hydrogen-bond acceptors (Lipinski definition) is 4. The van der Waals surface area contributed by atoms with Gasteiger partial charge >= 0.3 is 5.97 Å². The number of ether oxygens (including phenoxy) is 2. The number of amides is 1. The van der Waals surface area contributed by atoms with E-state index in [1.807, 2.05) is 24.3 Å². The number of hydrogen-bond donors (Lipinski definition) is 0. The molecule has 0 N–H and O–H groups in total. The predicted molar refractivity (Wildman–Crippen MR) is 103 cm³/mol. The standard InChI is InChI=1S/C20H19Cl2NO4/c1-26-15-9-5-13(6-10-15)11-23(14-7-8-14)18(24)12-27-20(25)19-16(21)3-2-4-17(19)22/h2-6,9-10,14H,7-8,11-12H2,1H3. The molecule has 1 aliphatic carbocycles. The third-order valence-electron chi connectivity index (χ3n) is 4.31. The van der Waals surface area contributed by atoms with Crippen molar-refractivity contribution in [3.05, 3.63) is 63.6 Å². The van der Waals surface area contributed by atoms with Gasteiger partial charge in [-0.25, -0.2) is 4.79 Å². The van der Waals surface area contributed by atoms with E-state index in [1.54, 1.807) is 30.2 Å². The van der Waals surface area contributed by atoms with Gasteiger partial charge in [0.15, 0.2) is 6.61 Å². The first-order valence-corrected chi connectivity index (χ1v) is 9.28. The molecule has 7 heteroatoms. The van der Waals surface area contributed by atoms with Crippen molar-refractivity contribution in [1.82, 2.24) is 4.90 Å². The van der Waals surface area contributed by atoms with E-state index < -0.39 is 5.97 Å².